The molecular formula is C18H22N4O3. The number of morpholine rings is 1. The Bertz CT molecular complexity index is 738. The molecule has 2 aromatic rings. The molecule has 1 saturated heterocycles. The number of amides is 1. The lowest BCUT2D eigenvalue weighted by atomic mass is 10.1. The monoisotopic (exact) mass is 342 g/mol. The second-order valence-electron chi connectivity index (χ2n) is 5.91. The summed E-state index contributed by atoms with van der Waals surface area (Å²) >= 11 is 0. The van der Waals surface area contributed by atoms with E-state index in [9.17, 15) is 4.79 Å². The smallest absolute Gasteiger partial charge is 0.254 e. The van der Waals surface area contributed by atoms with Gasteiger partial charge in [-0.15, -0.1) is 0 Å². The number of rotatable bonds is 5. The zero-order valence-corrected chi connectivity index (χ0v) is 14.2. The van der Waals surface area contributed by atoms with E-state index in [4.69, 9.17) is 15.2 Å². The van der Waals surface area contributed by atoms with Crippen LogP contribution in [0.4, 0.5) is 5.82 Å². The molecule has 7 nitrogen and oxygen atoms in total. The highest BCUT2D eigenvalue weighted by Gasteiger charge is 2.25. The molecule has 1 aromatic heterocycles. The maximum absolute atomic E-state index is 12.8. The van der Waals surface area contributed by atoms with Gasteiger partial charge in [0.05, 0.1) is 12.7 Å². The fourth-order valence-corrected chi connectivity index (χ4v) is 2.81. The van der Waals surface area contributed by atoms with E-state index in [2.05, 4.69) is 9.97 Å². The number of carbonyl (C=O) groups excluding carboxylic acids is 1. The fraction of sp³-hybridized carbons (Fsp3) is 0.389. The maximum Gasteiger partial charge on any atom is 0.254 e. The van der Waals surface area contributed by atoms with Crippen LogP contribution in [0.1, 0.15) is 16.8 Å². The van der Waals surface area contributed by atoms with Crippen LogP contribution in [0.2, 0.25) is 0 Å². The summed E-state index contributed by atoms with van der Waals surface area (Å²) in [7, 11) is 1.66. The molecule has 7 heteroatoms. The van der Waals surface area contributed by atoms with Crippen LogP contribution in [0, 0.1) is 0 Å². The van der Waals surface area contributed by atoms with Gasteiger partial charge in [-0.25, -0.2) is 9.97 Å². The lowest BCUT2D eigenvalue weighted by molar-refractivity contribution is -0.0332. The standard InChI is InChI=1S/C18H22N4O3/c1-24-9-6-15-12-22(8-10-25-15)18(23)14-4-2-3-13(11-14)17-20-7-5-16(19)21-17/h2-5,7,11,15H,6,8-10,12H2,1H3,(H2,19,20,21)/t15-/m1/s1. The number of ether oxygens (including phenoxy) is 2. The van der Waals surface area contributed by atoms with Gasteiger partial charge in [0.15, 0.2) is 5.82 Å². The van der Waals surface area contributed by atoms with Crippen molar-refractivity contribution in [2.45, 2.75) is 12.5 Å². The van der Waals surface area contributed by atoms with Crippen LogP contribution in [-0.4, -0.2) is 60.3 Å². The number of hydrogen-bond donors (Lipinski definition) is 1. The van der Waals surface area contributed by atoms with E-state index in [1.54, 1.807) is 31.5 Å². The summed E-state index contributed by atoms with van der Waals surface area (Å²) in [5, 5.41) is 0. The highest BCUT2D eigenvalue weighted by atomic mass is 16.5. The summed E-state index contributed by atoms with van der Waals surface area (Å²) in [6, 6.07) is 8.94. The van der Waals surface area contributed by atoms with E-state index in [1.165, 1.54) is 0 Å². The predicted octanol–water partition coefficient (Wildman–Crippen LogP) is 1.60. The first-order chi connectivity index (χ1) is 12.2. The number of nitrogen functional groups attached to an aromatic ring is 1. The van der Waals surface area contributed by atoms with Crippen molar-refractivity contribution in [1.82, 2.24) is 14.9 Å². The van der Waals surface area contributed by atoms with E-state index >= 15 is 0 Å². The van der Waals surface area contributed by atoms with Crippen LogP contribution in [0.5, 0.6) is 0 Å². The molecule has 1 aromatic carbocycles. The average Bonchev–Trinajstić information content (AvgIpc) is 2.66. The third kappa shape index (κ3) is 4.32. The van der Waals surface area contributed by atoms with Crippen LogP contribution in [0.15, 0.2) is 36.5 Å². The van der Waals surface area contributed by atoms with Crippen LogP contribution in [-0.2, 0) is 9.47 Å². The first kappa shape index (κ1) is 17.3. The lowest BCUT2D eigenvalue weighted by Gasteiger charge is -2.33. The molecule has 0 spiro atoms. The minimum atomic E-state index is -0.0172. The Morgan fingerprint density at radius 2 is 2.32 bits per heavy atom. The molecule has 1 aliphatic rings. The highest BCUT2D eigenvalue weighted by molar-refractivity contribution is 5.95. The van der Waals surface area contributed by atoms with Crippen LogP contribution < -0.4 is 5.73 Å². The Morgan fingerprint density at radius 1 is 1.44 bits per heavy atom. The van der Waals surface area contributed by atoms with E-state index in [1.807, 2.05) is 17.0 Å². The molecule has 2 N–H and O–H groups in total. The Morgan fingerprint density at radius 3 is 3.12 bits per heavy atom. The van der Waals surface area contributed by atoms with Crippen molar-refractivity contribution < 1.29 is 14.3 Å². The minimum Gasteiger partial charge on any atom is -0.385 e. The van der Waals surface area contributed by atoms with Crippen molar-refractivity contribution in [3.63, 3.8) is 0 Å². The number of carbonyl (C=O) groups is 1. The van der Waals surface area contributed by atoms with E-state index in [-0.39, 0.29) is 12.0 Å². The van der Waals surface area contributed by atoms with Gasteiger partial charge in [0.25, 0.3) is 5.91 Å². The number of anilines is 1. The van der Waals surface area contributed by atoms with Gasteiger partial charge < -0.3 is 20.1 Å². The van der Waals surface area contributed by atoms with Crippen molar-refractivity contribution >= 4 is 11.7 Å². The summed E-state index contributed by atoms with van der Waals surface area (Å²) in [5.41, 5.74) is 7.09. The van der Waals surface area contributed by atoms with E-state index in [0.717, 1.165) is 12.0 Å². The molecule has 0 unspecified atom stereocenters. The predicted molar refractivity (Wildman–Crippen MR) is 94.0 cm³/mol. The fourth-order valence-electron chi connectivity index (χ4n) is 2.81. The van der Waals surface area contributed by atoms with Crippen molar-refractivity contribution in [2.24, 2.45) is 0 Å². The van der Waals surface area contributed by atoms with Gasteiger partial charge >= 0.3 is 0 Å². The summed E-state index contributed by atoms with van der Waals surface area (Å²) in [6.07, 6.45) is 2.39. The number of aromatic nitrogens is 2. The van der Waals surface area contributed by atoms with Gasteiger partial charge in [0.1, 0.15) is 5.82 Å². The molecule has 1 aliphatic heterocycles. The highest BCUT2D eigenvalue weighted by Crippen LogP contribution is 2.19. The van der Waals surface area contributed by atoms with Crippen LogP contribution in [0.3, 0.4) is 0 Å². The largest absolute Gasteiger partial charge is 0.385 e. The third-order valence-corrected chi connectivity index (χ3v) is 4.11. The Kier molecular flexibility index (Phi) is 5.57. The van der Waals surface area contributed by atoms with Crippen molar-refractivity contribution in [2.75, 3.05) is 39.1 Å². The summed E-state index contributed by atoms with van der Waals surface area (Å²) in [4.78, 5) is 23.1. The second-order valence-corrected chi connectivity index (χ2v) is 5.91. The van der Waals surface area contributed by atoms with Gasteiger partial charge in [-0.2, -0.15) is 0 Å². The third-order valence-electron chi connectivity index (χ3n) is 4.11. The van der Waals surface area contributed by atoms with Crippen molar-refractivity contribution in [1.29, 1.82) is 0 Å². The first-order valence-corrected chi connectivity index (χ1v) is 8.26. The Labute approximate surface area is 146 Å². The number of nitrogens with two attached hydrogens (primary N) is 1. The molecule has 132 valence electrons. The van der Waals surface area contributed by atoms with Gasteiger partial charge in [-0.3, -0.25) is 4.79 Å². The van der Waals surface area contributed by atoms with Crippen LogP contribution >= 0.6 is 0 Å². The zero-order valence-electron chi connectivity index (χ0n) is 14.2. The SMILES string of the molecule is COCC[C@@H]1CN(C(=O)c2cccc(-c3nccc(N)n3)c2)CCO1. The summed E-state index contributed by atoms with van der Waals surface area (Å²) in [6.45, 7) is 2.32. The topological polar surface area (TPSA) is 90.6 Å². The van der Waals surface area contributed by atoms with E-state index < -0.39 is 0 Å². The average molecular weight is 342 g/mol. The molecule has 1 amide bonds. The molecule has 1 fully saturated rings. The van der Waals surface area contributed by atoms with E-state index in [0.29, 0.717) is 43.5 Å². The summed E-state index contributed by atoms with van der Waals surface area (Å²) < 4.78 is 10.8. The molecule has 0 bridgehead atoms. The Hall–Kier alpha value is -2.51. The lowest BCUT2D eigenvalue weighted by Crippen LogP contribution is -2.45. The summed E-state index contributed by atoms with van der Waals surface area (Å²) in [5.74, 6) is 0.891. The molecule has 25 heavy (non-hydrogen) atoms. The Balaban J connectivity index is 1.75. The molecular weight excluding hydrogens is 320 g/mol. The molecule has 0 aliphatic carbocycles. The minimum absolute atomic E-state index is 0.0121. The maximum atomic E-state index is 12.8. The molecule has 2 heterocycles. The quantitative estimate of drug-likeness (QED) is 0.888. The second kappa shape index (κ2) is 8.04. The van der Waals surface area contributed by atoms with Gasteiger partial charge in [-0.1, -0.05) is 12.1 Å². The first-order valence-electron chi connectivity index (χ1n) is 8.26. The van der Waals surface area contributed by atoms with Gasteiger partial charge in [-0.05, 0) is 24.6 Å². The van der Waals surface area contributed by atoms with Gasteiger partial charge in [0.2, 0.25) is 0 Å². The molecule has 3 rings (SSSR count). The number of nitrogens with zero attached hydrogens (tertiary/aromatic N) is 3. The zero-order chi connectivity index (χ0) is 17.6. The number of hydrogen-bond acceptors (Lipinski definition) is 6. The van der Waals surface area contributed by atoms with Gasteiger partial charge in [0, 0.05) is 44.1 Å². The number of benzene rings is 1. The van der Waals surface area contributed by atoms with Crippen LogP contribution in [0.25, 0.3) is 11.4 Å². The molecule has 1 atom stereocenters. The number of methoxy groups -OCH3 is 1. The van der Waals surface area contributed by atoms with Crippen molar-refractivity contribution in [3.05, 3.63) is 42.1 Å². The normalized spacial score (nSPS) is 17.5. The molecule has 0 saturated carbocycles. The molecule has 0 radical (unpaired) electrons. The van der Waals surface area contributed by atoms with Crippen molar-refractivity contribution in [3.8, 4) is 11.4 Å².